The highest BCUT2D eigenvalue weighted by Crippen LogP contribution is 2.19. The van der Waals surface area contributed by atoms with Crippen molar-refractivity contribution in [2.75, 3.05) is 25.6 Å². The van der Waals surface area contributed by atoms with Crippen molar-refractivity contribution in [2.24, 2.45) is 18.1 Å². The quantitative estimate of drug-likeness (QED) is 0.244. The molecule has 37 heavy (non-hydrogen) atoms. The van der Waals surface area contributed by atoms with Gasteiger partial charge in [-0.15, -0.1) is 5.10 Å². The summed E-state index contributed by atoms with van der Waals surface area (Å²) >= 11 is 0. The predicted octanol–water partition coefficient (Wildman–Crippen LogP) is 3.37. The molecule has 0 aliphatic carbocycles. The second-order valence-electron chi connectivity index (χ2n) is 8.51. The number of nitrogens with zero attached hydrogens (tertiary/aromatic N) is 6. The van der Waals surface area contributed by atoms with Gasteiger partial charge in [-0.25, -0.2) is 9.67 Å². The van der Waals surface area contributed by atoms with Crippen LogP contribution in [0.25, 0.3) is 0 Å². The van der Waals surface area contributed by atoms with Crippen LogP contribution in [-0.4, -0.2) is 63.2 Å². The fourth-order valence-electron chi connectivity index (χ4n) is 3.87. The Bertz CT molecular complexity index is 1130. The molecule has 0 aliphatic heterocycles. The molecule has 0 aliphatic rings. The van der Waals surface area contributed by atoms with Crippen molar-refractivity contribution < 1.29 is 19.1 Å². The lowest BCUT2D eigenvalue weighted by Gasteiger charge is -2.22. The molecule has 198 valence electrons. The molecule has 1 amide bonds. The zero-order valence-corrected chi connectivity index (χ0v) is 21.8. The fraction of sp³-hybridized carbons (Fsp3) is 0.462. The molecule has 3 rings (SSSR count). The lowest BCUT2D eigenvalue weighted by atomic mass is 9.95. The Morgan fingerprint density at radius 2 is 1.95 bits per heavy atom. The van der Waals surface area contributed by atoms with Crippen LogP contribution in [0.4, 0.5) is 5.82 Å². The monoisotopic (exact) mass is 509 g/mol. The van der Waals surface area contributed by atoms with Crippen LogP contribution < -0.4 is 5.32 Å². The van der Waals surface area contributed by atoms with Gasteiger partial charge in [0, 0.05) is 32.7 Å². The summed E-state index contributed by atoms with van der Waals surface area (Å²) in [5.41, 5.74) is 1.94. The highest BCUT2D eigenvalue weighted by atomic mass is 16.6. The minimum Gasteiger partial charge on any atom is -0.389 e. The Morgan fingerprint density at radius 1 is 1.14 bits per heavy atom. The molecule has 2 heterocycles. The molecule has 2 atom stereocenters. The first-order chi connectivity index (χ1) is 18.0. The summed E-state index contributed by atoms with van der Waals surface area (Å²) in [6, 6.07) is 14.9. The molecular formula is C26H35N7O4. The maximum Gasteiger partial charge on any atom is 0.225 e. The van der Waals surface area contributed by atoms with Gasteiger partial charge >= 0.3 is 0 Å². The maximum atomic E-state index is 12.7. The van der Waals surface area contributed by atoms with E-state index in [1.165, 1.54) is 4.68 Å². The second kappa shape index (κ2) is 14.8. The SMILES string of the molecule is CCOC(COC)CC(CC)CC(=O)Nc1cccc(CON=C(c2ccccc2)c2nnnn2C)n1. The maximum absolute atomic E-state index is 12.7. The fourth-order valence-corrected chi connectivity index (χ4v) is 3.87. The average Bonchev–Trinajstić information content (AvgIpc) is 3.32. The summed E-state index contributed by atoms with van der Waals surface area (Å²) in [6.07, 6.45) is 1.98. The van der Waals surface area contributed by atoms with Gasteiger partial charge in [-0.05, 0) is 41.8 Å². The van der Waals surface area contributed by atoms with E-state index in [0.29, 0.717) is 42.7 Å². The van der Waals surface area contributed by atoms with Gasteiger partial charge in [0.1, 0.15) is 5.82 Å². The van der Waals surface area contributed by atoms with E-state index in [1.807, 2.05) is 49.4 Å². The molecular weight excluding hydrogens is 474 g/mol. The van der Waals surface area contributed by atoms with Gasteiger partial charge in [0.2, 0.25) is 11.7 Å². The molecule has 0 fully saturated rings. The topological polar surface area (TPSA) is 126 Å². The van der Waals surface area contributed by atoms with Crippen LogP contribution in [0.2, 0.25) is 0 Å². The van der Waals surface area contributed by atoms with Crippen molar-refractivity contribution >= 4 is 17.4 Å². The second-order valence-corrected chi connectivity index (χ2v) is 8.51. The van der Waals surface area contributed by atoms with Gasteiger partial charge in [-0.2, -0.15) is 0 Å². The molecule has 11 heteroatoms. The molecule has 3 aromatic rings. The molecule has 11 nitrogen and oxygen atoms in total. The van der Waals surface area contributed by atoms with Gasteiger partial charge in [0.15, 0.2) is 12.3 Å². The van der Waals surface area contributed by atoms with E-state index in [2.05, 4.69) is 37.9 Å². The summed E-state index contributed by atoms with van der Waals surface area (Å²) in [6.45, 7) is 5.26. The van der Waals surface area contributed by atoms with Crippen molar-refractivity contribution in [2.45, 2.75) is 45.8 Å². The number of amides is 1. The number of benzene rings is 1. The molecule has 0 radical (unpaired) electrons. The number of ether oxygens (including phenoxy) is 2. The predicted molar refractivity (Wildman–Crippen MR) is 139 cm³/mol. The van der Waals surface area contributed by atoms with Gasteiger partial charge in [-0.3, -0.25) is 4.79 Å². The number of anilines is 1. The van der Waals surface area contributed by atoms with Crippen LogP contribution in [0.5, 0.6) is 0 Å². The number of oxime groups is 1. The molecule has 0 saturated heterocycles. The number of tetrazole rings is 1. The number of rotatable bonds is 15. The number of methoxy groups -OCH3 is 1. The van der Waals surface area contributed by atoms with Crippen LogP contribution in [-0.2, 0) is 32.8 Å². The van der Waals surface area contributed by atoms with Gasteiger partial charge < -0.3 is 19.6 Å². The smallest absolute Gasteiger partial charge is 0.225 e. The van der Waals surface area contributed by atoms with Crippen molar-refractivity contribution in [1.29, 1.82) is 0 Å². The van der Waals surface area contributed by atoms with E-state index in [1.54, 1.807) is 20.2 Å². The zero-order valence-electron chi connectivity index (χ0n) is 21.8. The number of hydrogen-bond acceptors (Lipinski definition) is 9. The lowest BCUT2D eigenvalue weighted by Crippen LogP contribution is -2.25. The van der Waals surface area contributed by atoms with E-state index in [9.17, 15) is 4.79 Å². The first kappa shape index (κ1) is 27.9. The summed E-state index contributed by atoms with van der Waals surface area (Å²) in [5, 5.41) is 18.8. The third kappa shape index (κ3) is 8.72. The minimum absolute atomic E-state index is 0.0231. The Balaban J connectivity index is 1.61. The molecule has 2 unspecified atom stereocenters. The highest BCUT2D eigenvalue weighted by Gasteiger charge is 2.19. The highest BCUT2D eigenvalue weighted by molar-refractivity contribution is 6.10. The van der Waals surface area contributed by atoms with E-state index >= 15 is 0 Å². The van der Waals surface area contributed by atoms with E-state index in [4.69, 9.17) is 14.3 Å². The molecule has 1 N–H and O–H groups in total. The van der Waals surface area contributed by atoms with Crippen LogP contribution in [0.1, 0.15) is 50.2 Å². The Morgan fingerprint density at radius 3 is 2.62 bits per heavy atom. The van der Waals surface area contributed by atoms with Crippen molar-refractivity contribution in [3.8, 4) is 0 Å². The normalized spacial score (nSPS) is 13.2. The third-order valence-corrected chi connectivity index (χ3v) is 5.72. The molecule has 0 spiro atoms. The van der Waals surface area contributed by atoms with Crippen LogP contribution in [0.15, 0.2) is 53.7 Å². The van der Waals surface area contributed by atoms with Crippen LogP contribution >= 0.6 is 0 Å². The standard InChI is InChI=1S/C26H35N7O4/c1-5-19(15-22(18-35-4)36-6-2)16-24(34)28-23-14-10-13-21(27-23)17-37-30-25(20-11-8-7-9-12-20)26-29-31-32-33(26)3/h7-14,19,22H,5-6,15-18H2,1-4H3,(H,27,28,34). The van der Waals surface area contributed by atoms with E-state index in [0.717, 1.165) is 18.4 Å². The number of hydrogen-bond donors (Lipinski definition) is 1. The minimum atomic E-state index is -0.0933. The van der Waals surface area contributed by atoms with E-state index < -0.39 is 0 Å². The number of nitrogens with one attached hydrogen (secondary N) is 1. The summed E-state index contributed by atoms with van der Waals surface area (Å²) in [7, 11) is 3.39. The van der Waals surface area contributed by atoms with Crippen LogP contribution in [0.3, 0.4) is 0 Å². The molecule has 1 aromatic carbocycles. The average molecular weight is 510 g/mol. The van der Waals surface area contributed by atoms with Crippen molar-refractivity contribution in [3.05, 3.63) is 65.6 Å². The van der Waals surface area contributed by atoms with Crippen molar-refractivity contribution in [1.82, 2.24) is 25.2 Å². The third-order valence-electron chi connectivity index (χ3n) is 5.72. The van der Waals surface area contributed by atoms with E-state index in [-0.39, 0.29) is 24.5 Å². The number of aryl methyl sites for hydroxylation is 1. The van der Waals surface area contributed by atoms with Crippen molar-refractivity contribution in [3.63, 3.8) is 0 Å². The number of aromatic nitrogens is 5. The largest absolute Gasteiger partial charge is 0.389 e. The summed E-state index contributed by atoms with van der Waals surface area (Å²) < 4.78 is 12.5. The van der Waals surface area contributed by atoms with Gasteiger partial charge in [0.25, 0.3) is 0 Å². The summed E-state index contributed by atoms with van der Waals surface area (Å²) in [4.78, 5) is 22.8. The number of pyridine rings is 1. The Hall–Kier alpha value is -3.70. The molecule has 2 aromatic heterocycles. The zero-order chi connectivity index (χ0) is 26.5. The first-order valence-electron chi connectivity index (χ1n) is 12.4. The van der Waals surface area contributed by atoms with Crippen LogP contribution in [0, 0.1) is 5.92 Å². The van der Waals surface area contributed by atoms with Gasteiger partial charge in [0.05, 0.1) is 18.4 Å². The number of carbonyl (C=O) groups excluding carboxylic acids is 1. The lowest BCUT2D eigenvalue weighted by molar-refractivity contribution is -0.117. The number of carbonyl (C=O) groups is 1. The summed E-state index contributed by atoms with van der Waals surface area (Å²) in [5.74, 6) is 1.02. The Labute approximate surface area is 217 Å². The van der Waals surface area contributed by atoms with Gasteiger partial charge in [-0.1, -0.05) is 54.9 Å². The first-order valence-corrected chi connectivity index (χ1v) is 12.4. The molecule has 0 bridgehead atoms. The molecule has 0 saturated carbocycles. The Kier molecular flexibility index (Phi) is 11.1.